The quantitative estimate of drug-likeness (QED) is 0.683. The van der Waals surface area contributed by atoms with Crippen molar-refractivity contribution in [2.45, 2.75) is 37.2 Å². The topological polar surface area (TPSA) is 66.7 Å². The van der Waals surface area contributed by atoms with Crippen LogP contribution >= 0.6 is 0 Å². The van der Waals surface area contributed by atoms with Crippen LogP contribution in [0.1, 0.15) is 35.7 Å². The summed E-state index contributed by atoms with van der Waals surface area (Å²) in [6, 6.07) is 11.7. The second-order valence-corrected chi connectivity index (χ2v) is 8.09. The maximum Gasteiger partial charge on any atom is 0.253 e. The zero-order valence-electron chi connectivity index (χ0n) is 15.2. The van der Waals surface area contributed by atoms with Crippen LogP contribution in [0.15, 0.2) is 59.9 Å². The predicted molar refractivity (Wildman–Crippen MR) is 105 cm³/mol. The Labute approximate surface area is 160 Å². The maximum atomic E-state index is 12.7. The number of hydrogen-bond donors (Lipinski definition) is 1. The van der Waals surface area contributed by atoms with E-state index in [0.29, 0.717) is 18.2 Å². The molecule has 1 aliphatic carbocycles. The van der Waals surface area contributed by atoms with Crippen LogP contribution in [-0.2, 0) is 17.5 Å². The highest BCUT2D eigenvalue weighted by Crippen LogP contribution is 2.29. The Kier molecular flexibility index (Phi) is 5.05. The summed E-state index contributed by atoms with van der Waals surface area (Å²) in [6.45, 7) is 3.26. The first kappa shape index (κ1) is 17.9. The van der Waals surface area contributed by atoms with E-state index in [9.17, 15) is 9.00 Å². The van der Waals surface area contributed by atoms with Crippen molar-refractivity contribution in [3.63, 3.8) is 0 Å². The number of pyridine rings is 1. The zero-order valence-corrected chi connectivity index (χ0v) is 16.0. The second kappa shape index (κ2) is 7.62. The molecule has 7 heteroatoms. The monoisotopic (exact) mass is 382 g/mol. The molecule has 0 saturated heterocycles. The van der Waals surface area contributed by atoms with Crippen molar-refractivity contribution in [2.24, 2.45) is 0 Å². The van der Waals surface area contributed by atoms with E-state index in [0.717, 1.165) is 35.5 Å². The fourth-order valence-electron chi connectivity index (χ4n) is 3.07. The largest absolute Gasteiger partial charge is 0.348 e. The summed E-state index contributed by atoms with van der Waals surface area (Å²) in [6.07, 6.45) is 7.54. The average molecular weight is 382 g/mol. The molecule has 0 radical (unpaired) electrons. The molecule has 0 bridgehead atoms. The molecule has 6 nitrogen and oxygen atoms in total. The van der Waals surface area contributed by atoms with Gasteiger partial charge in [0, 0.05) is 37.7 Å². The average Bonchev–Trinajstić information content (AvgIpc) is 3.42. The van der Waals surface area contributed by atoms with Gasteiger partial charge in [-0.15, -0.1) is 0 Å². The Morgan fingerprint density at radius 3 is 2.74 bits per heavy atom. The molecule has 1 amide bonds. The number of carbonyl (C=O) groups excluding carboxylic acids is 1. The molecule has 2 heterocycles. The number of nitrogens with one attached hydrogen (secondary N) is 1. The first-order valence-electron chi connectivity index (χ1n) is 9.14. The summed E-state index contributed by atoms with van der Waals surface area (Å²) in [5, 5.41) is 2.92. The van der Waals surface area contributed by atoms with Gasteiger partial charge in [-0.1, -0.05) is 19.1 Å². The van der Waals surface area contributed by atoms with E-state index in [4.69, 9.17) is 0 Å². The van der Waals surface area contributed by atoms with Crippen molar-refractivity contribution in [1.29, 1.82) is 0 Å². The van der Waals surface area contributed by atoms with E-state index in [-0.39, 0.29) is 5.91 Å². The number of carbonyl (C=O) groups is 1. The summed E-state index contributed by atoms with van der Waals surface area (Å²) in [4.78, 5) is 17.3. The molecule has 140 valence electrons. The summed E-state index contributed by atoms with van der Waals surface area (Å²) in [5.74, 6) is -0.135. The van der Waals surface area contributed by atoms with Crippen molar-refractivity contribution in [3.8, 4) is 0 Å². The molecule has 1 unspecified atom stereocenters. The molecule has 1 N–H and O–H groups in total. The Morgan fingerprint density at radius 2 is 2.04 bits per heavy atom. The minimum absolute atomic E-state index is 0.135. The van der Waals surface area contributed by atoms with Gasteiger partial charge in [-0.25, -0.2) is 13.5 Å². The Balaban J connectivity index is 1.38. The van der Waals surface area contributed by atoms with Gasteiger partial charge in [-0.2, -0.15) is 0 Å². The highest BCUT2D eigenvalue weighted by atomic mass is 32.2. The van der Waals surface area contributed by atoms with Crippen molar-refractivity contribution >= 4 is 22.5 Å². The van der Waals surface area contributed by atoms with E-state index in [1.807, 2.05) is 52.2 Å². The summed E-state index contributed by atoms with van der Waals surface area (Å²) >= 11 is 0. The van der Waals surface area contributed by atoms with Gasteiger partial charge in [-0.05, 0) is 42.7 Å². The van der Waals surface area contributed by atoms with Crippen LogP contribution in [0, 0.1) is 0 Å². The van der Waals surface area contributed by atoms with Gasteiger partial charge < -0.3 is 9.72 Å². The third-order valence-corrected chi connectivity index (χ3v) is 6.37. The molecule has 1 fully saturated rings. The smallest absolute Gasteiger partial charge is 0.253 e. The Hall–Kier alpha value is -2.51. The van der Waals surface area contributed by atoms with E-state index < -0.39 is 11.0 Å². The number of amides is 1. The zero-order chi connectivity index (χ0) is 18.8. The normalized spacial score (nSPS) is 15.2. The Bertz CT molecular complexity index is 979. The molecular formula is C20H22N4O2S. The lowest BCUT2D eigenvalue weighted by atomic mass is 10.2. The molecule has 3 aromatic rings. The lowest BCUT2D eigenvalue weighted by Gasteiger charge is -2.18. The number of nitrogens with zero attached hydrogens (tertiary/aromatic N) is 3. The van der Waals surface area contributed by atoms with E-state index in [2.05, 4.69) is 10.3 Å². The first-order valence-corrected chi connectivity index (χ1v) is 10.2. The molecule has 1 aliphatic rings. The molecule has 2 aromatic heterocycles. The van der Waals surface area contributed by atoms with Crippen molar-refractivity contribution < 1.29 is 9.00 Å². The van der Waals surface area contributed by atoms with Gasteiger partial charge in [-0.3, -0.25) is 4.79 Å². The van der Waals surface area contributed by atoms with Gasteiger partial charge in [0.15, 0.2) is 0 Å². The van der Waals surface area contributed by atoms with Crippen molar-refractivity contribution in [1.82, 2.24) is 19.0 Å². The van der Waals surface area contributed by atoms with Gasteiger partial charge >= 0.3 is 0 Å². The molecule has 1 saturated carbocycles. The summed E-state index contributed by atoms with van der Waals surface area (Å²) in [7, 11) is -1.11. The molecule has 1 atom stereocenters. The molecule has 4 rings (SSSR count). The van der Waals surface area contributed by atoms with Crippen molar-refractivity contribution in [2.75, 3.05) is 6.54 Å². The third-order valence-electron chi connectivity index (χ3n) is 4.71. The number of benzene rings is 1. The SMILES string of the molecule is CCN(C1CC1)S(=O)c1ccc(CNC(=O)c2ccc3nccn3c2)cc1. The van der Waals surface area contributed by atoms with E-state index in [1.54, 1.807) is 18.5 Å². The van der Waals surface area contributed by atoms with E-state index in [1.165, 1.54) is 0 Å². The lowest BCUT2D eigenvalue weighted by molar-refractivity contribution is 0.0950. The number of rotatable bonds is 7. The standard InChI is InChI=1S/C20H22N4O2S/c1-2-24(17-6-7-17)27(26)18-8-3-15(4-9-18)13-22-20(25)16-5-10-19-21-11-12-23(19)14-16/h3-5,8-12,14,17H,2,6-7,13H2,1H3,(H,22,25). The third kappa shape index (κ3) is 3.94. The highest BCUT2D eigenvalue weighted by molar-refractivity contribution is 7.82. The van der Waals surface area contributed by atoms with Crippen LogP contribution in [0.25, 0.3) is 5.65 Å². The number of imidazole rings is 1. The Morgan fingerprint density at radius 1 is 1.26 bits per heavy atom. The first-order chi connectivity index (χ1) is 13.2. The summed E-state index contributed by atoms with van der Waals surface area (Å²) in [5.41, 5.74) is 2.37. The molecule has 0 aliphatic heterocycles. The second-order valence-electron chi connectivity index (χ2n) is 6.65. The maximum absolute atomic E-state index is 12.7. The summed E-state index contributed by atoms with van der Waals surface area (Å²) < 4.78 is 16.5. The van der Waals surface area contributed by atoms with Gasteiger partial charge in [0.25, 0.3) is 5.91 Å². The van der Waals surface area contributed by atoms with Crippen LogP contribution < -0.4 is 5.32 Å². The van der Waals surface area contributed by atoms with Crippen molar-refractivity contribution in [3.05, 3.63) is 66.1 Å². The highest BCUT2D eigenvalue weighted by Gasteiger charge is 2.32. The van der Waals surface area contributed by atoms with Crippen LogP contribution in [0.3, 0.4) is 0 Å². The number of fused-ring (bicyclic) bond motifs is 1. The molecule has 27 heavy (non-hydrogen) atoms. The molecule has 1 aromatic carbocycles. The van der Waals surface area contributed by atoms with Gasteiger partial charge in [0.05, 0.1) is 10.5 Å². The number of aromatic nitrogens is 2. The minimum atomic E-state index is -1.11. The molecule has 0 spiro atoms. The number of hydrogen-bond acceptors (Lipinski definition) is 3. The fraction of sp³-hybridized carbons (Fsp3) is 0.300. The van der Waals surface area contributed by atoms with Crippen LogP contribution in [0.2, 0.25) is 0 Å². The molecular weight excluding hydrogens is 360 g/mol. The fourth-order valence-corrected chi connectivity index (χ4v) is 4.43. The van der Waals surface area contributed by atoms with Crippen LogP contribution in [-0.4, -0.2) is 36.4 Å². The lowest BCUT2D eigenvalue weighted by Crippen LogP contribution is -2.28. The van der Waals surface area contributed by atoms with Gasteiger partial charge in [0.2, 0.25) is 0 Å². The van der Waals surface area contributed by atoms with E-state index >= 15 is 0 Å². The van der Waals surface area contributed by atoms with Crippen LogP contribution in [0.5, 0.6) is 0 Å². The predicted octanol–water partition coefficient (Wildman–Crippen LogP) is 2.77. The minimum Gasteiger partial charge on any atom is -0.348 e. The van der Waals surface area contributed by atoms with Gasteiger partial charge in [0.1, 0.15) is 16.6 Å². The van der Waals surface area contributed by atoms with Crippen LogP contribution in [0.4, 0.5) is 0 Å².